The summed E-state index contributed by atoms with van der Waals surface area (Å²) in [5.41, 5.74) is 9.59. The summed E-state index contributed by atoms with van der Waals surface area (Å²) >= 11 is 0. The Balaban J connectivity index is 1.84. The second kappa shape index (κ2) is 5.75. The zero-order valence-corrected chi connectivity index (χ0v) is 11.8. The number of anilines is 1. The van der Waals surface area contributed by atoms with Crippen LogP contribution in [0.3, 0.4) is 0 Å². The van der Waals surface area contributed by atoms with Gasteiger partial charge in [-0.3, -0.25) is 4.98 Å². The van der Waals surface area contributed by atoms with E-state index in [-0.39, 0.29) is 0 Å². The molecular formula is C16H16N4O. The smallest absolute Gasteiger partial charge is 0.231 e. The maximum Gasteiger partial charge on any atom is 0.231 e. The van der Waals surface area contributed by atoms with Gasteiger partial charge in [0.2, 0.25) is 11.7 Å². The van der Waals surface area contributed by atoms with E-state index in [1.54, 1.807) is 6.20 Å². The van der Waals surface area contributed by atoms with Crippen LogP contribution >= 0.6 is 0 Å². The van der Waals surface area contributed by atoms with Gasteiger partial charge >= 0.3 is 0 Å². The van der Waals surface area contributed by atoms with Crippen LogP contribution in [0.25, 0.3) is 11.4 Å². The number of benzene rings is 1. The molecule has 0 atom stereocenters. The third kappa shape index (κ3) is 2.91. The molecule has 5 nitrogen and oxygen atoms in total. The third-order valence-corrected chi connectivity index (χ3v) is 3.33. The average molecular weight is 280 g/mol. The van der Waals surface area contributed by atoms with Crippen LogP contribution in [0.15, 0.2) is 47.2 Å². The molecule has 0 aliphatic heterocycles. The number of aryl methyl sites for hydroxylation is 1. The highest BCUT2D eigenvalue weighted by atomic mass is 16.5. The fourth-order valence-corrected chi connectivity index (χ4v) is 2.17. The minimum atomic E-state index is 0.591. The van der Waals surface area contributed by atoms with Gasteiger partial charge in [0, 0.05) is 23.6 Å². The van der Waals surface area contributed by atoms with E-state index in [1.807, 2.05) is 36.5 Å². The summed E-state index contributed by atoms with van der Waals surface area (Å²) in [5, 5.41) is 4.07. The fourth-order valence-electron chi connectivity index (χ4n) is 2.17. The summed E-state index contributed by atoms with van der Waals surface area (Å²) in [7, 11) is 0. The van der Waals surface area contributed by atoms with Crippen molar-refractivity contribution in [1.29, 1.82) is 0 Å². The molecule has 21 heavy (non-hydrogen) atoms. The lowest BCUT2D eigenvalue weighted by molar-refractivity contribution is 0.385. The molecule has 0 saturated carbocycles. The van der Waals surface area contributed by atoms with Crippen LogP contribution in [-0.4, -0.2) is 15.1 Å². The third-order valence-electron chi connectivity index (χ3n) is 3.33. The van der Waals surface area contributed by atoms with Crippen molar-refractivity contribution in [3.05, 3.63) is 59.7 Å². The number of pyridine rings is 1. The molecule has 1 aromatic carbocycles. The molecule has 0 aliphatic rings. The number of nitrogens with zero attached hydrogens (tertiary/aromatic N) is 3. The van der Waals surface area contributed by atoms with Crippen molar-refractivity contribution in [3.8, 4) is 11.4 Å². The van der Waals surface area contributed by atoms with Crippen LogP contribution in [-0.2, 0) is 12.8 Å². The van der Waals surface area contributed by atoms with Crippen LogP contribution in [0.2, 0.25) is 0 Å². The van der Waals surface area contributed by atoms with E-state index in [9.17, 15) is 0 Å². The maximum atomic E-state index is 5.67. The second-order valence-corrected chi connectivity index (χ2v) is 4.82. The highest BCUT2D eigenvalue weighted by molar-refractivity contribution is 5.58. The lowest BCUT2D eigenvalue weighted by Gasteiger charge is -2.01. The van der Waals surface area contributed by atoms with E-state index in [4.69, 9.17) is 10.3 Å². The lowest BCUT2D eigenvalue weighted by Crippen LogP contribution is -1.92. The summed E-state index contributed by atoms with van der Waals surface area (Å²) in [6.45, 7) is 2.08. The molecule has 2 heterocycles. The normalized spacial score (nSPS) is 10.7. The van der Waals surface area contributed by atoms with E-state index < -0.39 is 0 Å². The molecule has 0 saturated heterocycles. The van der Waals surface area contributed by atoms with Gasteiger partial charge in [-0.2, -0.15) is 4.98 Å². The SMILES string of the molecule is CCc1cnccc1-c1noc(Cc2ccc(N)cc2)n1. The molecule has 106 valence electrons. The van der Waals surface area contributed by atoms with Crippen molar-refractivity contribution in [2.75, 3.05) is 5.73 Å². The standard InChI is InChI=1S/C16H16N4O/c1-2-12-10-18-8-7-14(12)16-19-15(21-20-16)9-11-3-5-13(17)6-4-11/h3-8,10H,2,9,17H2,1H3. The molecule has 5 heteroatoms. The molecule has 0 aliphatic carbocycles. The van der Waals surface area contributed by atoms with Crippen molar-refractivity contribution in [1.82, 2.24) is 15.1 Å². The molecule has 0 spiro atoms. The Morgan fingerprint density at radius 3 is 2.71 bits per heavy atom. The Morgan fingerprint density at radius 2 is 1.95 bits per heavy atom. The Kier molecular flexibility index (Phi) is 3.64. The van der Waals surface area contributed by atoms with Crippen molar-refractivity contribution in [3.63, 3.8) is 0 Å². The first-order chi connectivity index (χ1) is 10.3. The van der Waals surface area contributed by atoms with Gasteiger partial charge in [-0.15, -0.1) is 0 Å². The van der Waals surface area contributed by atoms with Crippen LogP contribution in [0.5, 0.6) is 0 Å². The predicted octanol–water partition coefficient (Wildman–Crippen LogP) is 2.87. The van der Waals surface area contributed by atoms with Crippen molar-refractivity contribution < 1.29 is 4.52 Å². The lowest BCUT2D eigenvalue weighted by atomic mass is 10.1. The maximum absolute atomic E-state index is 5.67. The number of aromatic nitrogens is 3. The van der Waals surface area contributed by atoms with E-state index >= 15 is 0 Å². The van der Waals surface area contributed by atoms with Crippen LogP contribution in [0.4, 0.5) is 5.69 Å². The molecule has 3 aromatic rings. The molecule has 0 amide bonds. The van der Waals surface area contributed by atoms with Gasteiger partial charge in [0.05, 0.1) is 6.42 Å². The topological polar surface area (TPSA) is 77.8 Å². The van der Waals surface area contributed by atoms with Gasteiger partial charge in [0.1, 0.15) is 0 Å². The monoisotopic (exact) mass is 280 g/mol. The Labute approximate surface area is 122 Å². The number of hydrogen-bond acceptors (Lipinski definition) is 5. The molecule has 0 radical (unpaired) electrons. The van der Waals surface area contributed by atoms with Crippen molar-refractivity contribution >= 4 is 5.69 Å². The number of nitrogens with two attached hydrogens (primary N) is 1. The molecule has 3 rings (SSSR count). The van der Waals surface area contributed by atoms with Gasteiger partial charge in [0.25, 0.3) is 0 Å². The van der Waals surface area contributed by atoms with Gasteiger partial charge in [-0.25, -0.2) is 0 Å². The summed E-state index contributed by atoms with van der Waals surface area (Å²) in [5.74, 6) is 1.20. The van der Waals surface area contributed by atoms with Gasteiger partial charge < -0.3 is 10.3 Å². The Bertz CT molecular complexity index is 734. The number of nitrogen functional groups attached to an aromatic ring is 1. The highest BCUT2D eigenvalue weighted by Gasteiger charge is 2.12. The molecule has 0 fully saturated rings. The first kappa shape index (κ1) is 13.3. The highest BCUT2D eigenvalue weighted by Crippen LogP contribution is 2.21. The van der Waals surface area contributed by atoms with E-state index in [1.165, 1.54) is 0 Å². The van der Waals surface area contributed by atoms with Crippen molar-refractivity contribution in [2.24, 2.45) is 0 Å². The summed E-state index contributed by atoms with van der Waals surface area (Å²) < 4.78 is 5.34. The summed E-state index contributed by atoms with van der Waals surface area (Å²) in [6, 6.07) is 9.57. The number of hydrogen-bond donors (Lipinski definition) is 1. The average Bonchev–Trinajstić information content (AvgIpc) is 2.98. The Hall–Kier alpha value is -2.69. The molecule has 2 aromatic heterocycles. The second-order valence-electron chi connectivity index (χ2n) is 4.82. The zero-order chi connectivity index (χ0) is 14.7. The summed E-state index contributed by atoms with van der Waals surface area (Å²) in [4.78, 5) is 8.60. The van der Waals surface area contributed by atoms with E-state index in [0.717, 1.165) is 28.8 Å². The Morgan fingerprint density at radius 1 is 1.14 bits per heavy atom. The number of rotatable bonds is 4. The van der Waals surface area contributed by atoms with Gasteiger partial charge in [0.15, 0.2) is 0 Å². The molecular weight excluding hydrogens is 264 g/mol. The van der Waals surface area contributed by atoms with Gasteiger partial charge in [-0.1, -0.05) is 24.2 Å². The predicted molar refractivity (Wildman–Crippen MR) is 80.6 cm³/mol. The molecule has 0 bridgehead atoms. The fraction of sp³-hybridized carbons (Fsp3) is 0.188. The van der Waals surface area contributed by atoms with Crippen molar-refractivity contribution in [2.45, 2.75) is 19.8 Å². The minimum Gasteiger partial charge on any atom is -0.399 e. The quantitative estimate of drug-likeness (QED) is 0.743. The molecule has 0 unspecified atom stereocenters. The summed E-state index contributed by atoms with van der Waals surface area (Å²) in [6.07, 6.45) is 5.06. The zero-order valence-electron chi connectivity index (χ0n) is 11.8. The van der Waals surface area contributed by atoms with Gasteiger partial charge in [-0.05, 0) is 35.7 Å². The van der Waals surface area contributed by atoms with E-state index in [2.05, 4.69) is 22.0 Å². The van der Waals surface area contributed by atoms with Crippen LogP contribution in [0, 0.1) is 0 Å². The molecule has 2 N–H and O–H groups in total. The van der Waals surface area contributed by atoms with E-state index in [0.29, 0.717) is 18.1 Å². The minimum absolute atomic E-state index is 0.591. The first-order valence-electron chi connectivity index (χ1n) is 6.86. The largest absolute Gasteiger partial charge is 0.399 e. The van der Waals surface area contributed by atoms with Crippen LogP contribution < -0.4 is 5.73 Å². The van der Waals surface area contributed by atoms with Crippen LogP contribution in [0.1, 0.15) is 23.9 Å². The first-order valence-corrected chi connectivity index (χ1v) is 6.86.